The Morgan fingerprint density at radius 3 is 2.56 bits per heavy atom. The summed E-state index contributed by atoms with van der Waals surface area (Å²) >= 11 is 0. The Kier molecular flexibility index (Phi) is 4.71. The van der Waals surface area contributed by atoms with Gasteiger partial charge in [-0.15, -0.1) is 0 Å². The topological polar surface area (TPSA) is 44.5 Å². The molecule has 1 aromatic carbocycles. The van der Waals surface area contributed by atoms with Crippen LogP contribution in [0.4, 0.5) is 4.39 Å². The zero-order valence-corrected chi connectivity index (χ0v) is 9.87. The molecule has 90 valence electrons. The first kappa shape index (κ1) is 12.9. The van der Waals surface area contributed by atoms with Crippen LogP contribution in [0.1, 0.15) is 25.5 Å². The Morgan fingerprint density at radius 2 is 2.06 bits per heavy atom. The van der Waals surface area contributed by atoms with Gasteiger partial charge in [-0.1, -0.05) is 6.07 Å². The van der Waals surface area contributed by atoms with Crippen LogP contribution in [0.15, 0.2) is 18.2 Å². The van der Waals surface area contributed by atoms with E-state index in [0.29, 0.717) is 12.2 Å². The maximum absolute atomic E-state index is 13.6. The Bertz CT molecular complexity index is 342. The summed E-state index contributed by atoms with van der Waals surface area (Å²) in [6.07, 6.45) is -0.0481. The maximum atomic E-state index is 13.6. The van der Waals surface area contributed by atoms with Crippen LogP contribution in [0.3, 0.4) is 0 Å². The second kappa shape index (κ2) is 5.82. The Balaban J connectivity index is 2.82. The largest absolute Gasteiger partial charge is 0.488 e. The summed E-state index contributed by atoms with van der Waals surface area (Å²) < 4.78 is 23.8. The molecule has 1 unspecified atom stereocenters. The third-order valence-electron chi connectivity index (χ3n) is 2.09. The van der Waals surface area contributed by atoms with E-state index in [1.54, 1.807) is 19.2 Å². The lowest BCUT2D eigenvalue weighted by molar-refractivity contribution is 0.180. The van der Waals surface area contributed by atoms with Crippen molar-refractivity contribution in [3.8, 4) is 5.75 Å². The van der Waals surface area contributed by atoms with Gasteiger partial charge in [0.1, 0.15) is 0 Å². The van der Waals surface area contributed by atoms with Crippen molar-refractivity contribution in [3.05, 3.63) is 29.6 Å². The monoisotopic (exact) mass is 227 g/mol. The zero-order chi connectivity index (χ0) is 12.1. The number of benzene rings is 1. The van der Waals surface area contributed by atoms with Crippen LogP contribution < -0.4 is 10.5 Å². The van der Waals surface area contributed by atoms with E-state index >= 15 is 0 Å². The van der Waals surface area contributed by atoms with Crippen LogP contribution in [0, 0.1) is 5.82 Å². The molecule has 0 amide bonds. The summed E-state index contributed by atoms with van der Waals surface area (Å²) in [4.78, 5) is 0. The molecule has 0 aliphatic carbocycles. The lowest BCUT2D eigenvalue weighted by Gasteiger charge is -2.14. The highest BCUT2D eigenvalue weighted by molar-refractivity contribution is 5.31. The van der Waals surface area contributed by atoms with Gasteiger partial charge < -0.3 is 15.2 Å². The fourth-order valence-electron chi connectivity index (χ4n) is 1.37. The summed E-state index contributed by atoms with van der Waals surface area (Å²) in [6.45, 7) is 4.07. The minimum absolute atomic E-state index is 0.0481. The second-order valence-electron chi connectivity index (χ2n) is 3.92. The maximum Gasteiger partial charge on any atom is 0.165 e. The second-order valence-corrected chi connectivity index (χ2v) is 3.92. The molecule has 0 saturated heterocycles. The number of halogens is 1. The number of ether oxygens (including phenoxy) is 2. The highest BCUT2D eigenvalue weighted by Gasteiger charge is 2.10. The Morgan fingerprint density at radius 1 is 1.38 bits per heavy atom. The van der Waals surface area contributed by atoms with Crippen molar-refractivity contribution in [2.45, 2.75) is 26.0 Å². The normalized spacial score (nSPS) is 12.9. The number of rotatable bonds is 5. The van der Waals surface area contributed by atoms with Crippen molar-refractivity contribution >= 4 is 0 Å². The predicted molar refractivity (Wildman–Crippen MR) is 61.0 cm³/mol. The summed E-state index contributed by atoms with van der Waals surface area (Å²) in [7, 11) is 1.56. The first-order valence-electron chi connectivity index (χ1n) is 5.25. The van der Waals surface area contributed by atoms with Crippen LogP contribution >= 0.6 is 0 Å². The van der Waals surface area contributed by atoms with Crippen LogP contribution in [0.25, 0.3) is 0 Å². The fourth-order valence-corrected chi connectivity index (χ4v) is 1.37. The molecular formula is C12H18FNO2. The molecule has 2 N–H and O–H groups in total. The van der Waals surface area contributed by atoms with Gasteiger partial charge in [-0.3, -0.25) is 0 Å². The smallest absolute Gasteiger partial charge is 0.165 e. The Labute approximate surface area is 95.4 Å². The summed E-state index contributed by atoms with van der Waals surface area (Å²) in [5.74, 6) is -0.138. The molecule has 0 saturated carbocycles. The van der Waals surface area contributed by atoms with E-state index in [4.69, 9.17) is 15.2 Å². The zero-order valence-electron chi connectivity index (χ0n) is 9.87. The number of methoxy groups -OCH3 is 1. The SMILES string of the molecule is COCC(N)c1ccc(OC(C)C)c(F)c1. The van der Waals surface area contributed by atoms with Crippen molar-refractivity contribution in [3.63, 3.8) is 0 Å². The van der Waals surface area contributed by atoms with Gasteiger partial charge >= 0.3 is 0 Å². The quantitative estimate of drug-likeness (QED) is 0.839. The molecular weight excluding hydrogens is 209 g/mol. The number of nitrogens with two attached hydrogens (primary N) is 1. The van der Waals surface area contributed by atoms with Crippen LogP contribution in [0.2, 0.25) is 0 Å². The predicted octanol–water partition coefficient (Wildman–Crippen LogP) is 2.26. The van der Waals surface area contributed by atoms with E-state index in [9.17, 15) is 4.39 Å². The third kappa shape index (κ3) is 3.47. The molecule has 0 aromatic heterocycles. The van der Waals surface area contributed by atoms with E-state index in [-0.39, 0.29) is 17.9 Å². The van der Waals surface area contributed by atoms with Crippen molar-refractivity contribution in [2.24, 2.45) is 5.73 Å². The molecule has 3 nitrogen and oxygen atoms in total. The van der Waals surface area contributed by atoms with Gasteiger partial charge in [-0.2, -0.15) is 0 Å². The molecule has 0 fully saturated rings. The van der Waals surface area contributed by atoms with Gasteiger partial charge in [-0.25, -0.2) is 4.39 Å². The Hall–Kier alpha value is -1.13. The minimum atomic E-state index is -0.391. The lowest BCUT2D eigenvalue weighted by Crippen LogP contribution is -2.16. The summed E-state index contributed by atoms with van der Waals surface area (Å²) in [6, 6.07) is 4.43. The molecule has 1 rings (SSSR count). The van der Waals surface area contributed by atoms with Gasteiger partial charge in [0.25, 0.3) is 0 Å². The third-order valence-corrected chi connectivity index (χ3v) is 2.09. The summed E-state index contributed by atoms with van der Waals surface area (Å²) in [5, 5.41) is 0. The standard InChI is InChI=1S/C12H18FNO2/c1-8(2)16-12-5-4-9(6-10(12)13)11(14)7-15-3/h4-6,8,11H,7,14H2,1-3H3. The number of hydrogen-bond acceptors (Lipinski definition) is 3. The van der Waals surface area contributed by atoms with Crippen molar-refractivity contribution in [1.82, 2.24) is 0 Å². The van der Waals surface area contributed by atoms with E-state index in [1.165, 1.54) is 6.07 Å². The van der Waals surface area contributed by atoms with Crippen LogP contribution in [0.5, 0.6) is 5.75 Å². The van der Waals surface area contributed by atoms with Crippen molar-refractivity contribution in [2.75, 3.05) is 13.7 Å². The molecule has 1 aromatic rings. The highest BCUT2D eigenvalue weighted by Crippen LogP contribution is 2.22. The molecule has 1 atom stereocenters. The van der Waals surface area contributed by atoms with Crippen molar-refractivity contribution in [1.29, 1.82) is 0 Å². The van der Waals surface area contributed by atoms with Gasteiger partial charge in [0.05, 0.1) is 18.8 Å². The van der Waals surface area contributed by atoms with Crippen molar-refractivity contribution < 1.29 is 13.9 Å². The number of hydrogen-bond donors (Lipinski definition) is 1. The first-order chi connectivity index (χ1) is 7.54. The van der Waals surface area contributed by atoms with E-state index < -0.39 is 5.82 Å². The molecule has 4 heteroatoms. The summed E-state index contributed by atoms with van der Waals surface area (Å²) in [5.41, 5.74) is 6.50. The molecule has 0 radical (unpaired) electrons. The van der Waals surface area contributed by atoms with E-state index in [0.717, 1.165) is 0 Å². The molecule has 0 heterocycles. The van der Waals surface area contributed by atoms with E-state index in [1.807, 2.05) is 13.8 Å². The average molecular weight is 227 g/mol. The molecule has 16 heavy (non-hydrogen) atoms. The lowest BCUT2D eigenvalue weighted by atomic mass is 10.1. The highest BCUT2D eigenvalue weighted by atomic mass is 19.1. The average Bonchev–Trinajstić information content (AvgIpc) is 2.20. The fraction of sp³-hybridized carbons (Fsp3) is 0.500. The first-order valence-corrected chi connectivity index (χ1v) is 5.25. The molecule has 0 aliphatic rings. The molecule has 0 aliphatic heterocycles. The van der Waals surface area contributed by atoms with Gasteiger partial charge in [0.2, 0.25) is 0 Å². The van der Waals surface area contributed by atoms with Gasteiger partial charge in [0, 0.05) is 7.11 Å². The van der Waals surface area contributed by atoms with Crippen LogP contribution in [-0.4, -0.2) is 19.8 Å². The van der Waals surface area contributed by atoms with E-state index in [2.05, 4.69) is 0 Å². The van der Waals surface area contributed by atoms with Gasteiger partial charge in [-0.05, 0) is 31.5 Å². The molecule has 0 spiro atoms. The molecule has 0 bridgehead atoms. The van der Waals surface area contributed by atoms with Gasteiger partial charge in [0.15, 0.2) is 11.6 Å². The van der Waals surface area contributed by atoms with Crippen LogP contribution in [-0.2, 0) is 4.74 Å². The minimum Gasteiger partial charge on any atom is -0.488 e.